The van der Waals surface area contributed by atoms with Crippen LogP contribution in [0.3, 0.4) is 0 Å². The lowest BCUT2D eigenvalue weighted by molar-refractivity contribution is -0.130. The third-order valence-electron chi connectivity index (χ3n) is 8.13. The molecule has 1 aromatic heterocycles. The lowest BCUT2D eigenvalue weighted by Crippen LogP contribution is -2.29. The van der Waals surface area contributed by atoms with Crippen LogP contribution in [0.2, 0.25) is 0 Å². The predicted molar refractivity (Wildman–Crippen MR) is 163 cm³/mol. The maximum atomic E-state index is 13.6. The quantitative estimate of drug-likeness (QED) is 0.176. The number of benzene rings is 4. The van der Waals surface area contributed by atoms with E-state index in [-0.39, 0.29) is 17.6 Å². The number of fused-ring (bicyclic) bond motifs is 1. The summed E-state index contributed by atoms with van der Waals surface area (Å²) >= 11 is 0. The number of nitrogens with zero attached hydrogens (tertiary/aromatic N) is 2. The number of hydrogen-bond acceptors (Lipinski definition) is 3. The summed E-state index contributed by atoms with van der Waals surface area (Å²) in [6.45, 7) is 2.66. The molecule has 1 amide bonds. The fraction of sp³-hybridized carbons (Fsp3) is 0.250. The zero-order valence-corrected chi connectivity index (χ0v) is 23.8. The highest BCUT2D eigenvalue weighted by Crippen LogP contribution is 2.39. The Morgan fingerprint density at radius 2 is 1.60 bits per heavy atom. The Hall–Kier alpha value is -4.58. The van der Waals surface area contributed by atoms with Crippen LogP contribution >= 0.6 is 0 Å². The van der Waals surface area contributed by atoms with Crippen molar-refractivity contribution in [1.82, 2.24) is 9.47 Å². The molecule has 1 saturated heterocycles. The Morgan fingerprint density at radius 1 is 0.857 bits per heavy atom. The molecule has 42 heavy (non-hydrogen) atoms. The molecule has 1 unspecified atom stereocenters. The van der Waals surface area contributed by atoms with E-state index < -0.39 is 0 Å². The summed E-state index contributed by atoms with van der Waals surface area (Å²) in [5.41, 5.74) is 5.24. The Balaban J connectivity index is 1.37. The fourth-order valence-corrected chi connectivity index (χ4v) is 5.90. The zero-order valence-electron chi connectivity index (χ0n) is 23.8. The molecule has 0 spiro atoms. The third-order valence-corrected chi connectivity index (χ3v) is 8.13. The molecule has 5 aromatic rings. The van der Waals surface area contributed by atoms with Gasteiger partial charge in [0.05, 0.1) is 7.11 Å². The van der Waals surface area contributed by atoms with Crippen LogP contribution in [0.5, 0.6) is 11.5 Å². The number of carbonyl (C=O) groups excluding carboxylic acids is 1. The van der Waals surface area contributed by atoms with Gasteiger partial charge in [0, 0.05) is 49.1 Å². The molecule has 0 aliphatic carbocycles. The molecule has 0 N–H and O–H groups in total. The number of amides is 1. The number of likely N-dealkylation sites (tertiary alicyclic amines) is 1. The lowest BCUT2D eigenvalue weighted by atomic mass is 9.87. The second-order valence-corrected chi connectivity index (χ2v) is 10.9. The monoisotopic (exact) mass is 562 g/mol. The largest absolute Gasteiger partial charge is 0.493 e. The molecule has 214 valence electrons. The van der Waals surface area contributed by atoms with Gasteiger partial charge in [-0.1, -0.05) is 66.7 Å². The van der Waals surface area contributed by atoms with Crippen molar-refractivity contribution in [3.63, 3.8) is 0 Å². The lowest BCUT2D eigenvalue weighted by Gasteiger charge is -2.22. The Labute approximate surface area is 246 Å². The predicted octanol–water partition coefficient (Wildman–Crippen LogP) is 7.56. The summed E-state index contributed by atoms with van der Waals surface area (Å²) in [7, 11) is 1.65. The average molecular weight is 563 g/mol. The van der Waals surface area contributed by atoms with Crippen molar-refractivity contribution in [3.05, 3.63) is 131 Å². The van der Waals surface area contributed by atoms with E-state index >= 15 is 0 Å². The molecular weight excluding hydrogens is 527 g/mol. The molecule has 1 aliphatic heterocycles. The number of para-hydroxylation sites is 1. The molecule has 0 saturated carbocycles. The number of hydrogen-bond donors (Lipinski definition) is 0. The maximum absolute atomic E-state index is 13.6. The Bertz CT molecular complexity index is 1660. The van der Waals surface area contributed by atoms with Crippen molar-refractivity contribution >= 4 is 16.8 Å². The van der Waals surface area contributed by atoms with Crippen molar-refractivity contribution in [2.24, 2.45) is 0 Å². The number of ether oxygens (including phenoxy) is 2. The van der Waals surface area contributed by atoms with E-state index in [0.717, 1.165) is 59.1 Å². The molecule has 6 heteroatoms. The number of rotatable bonds is 10. The third kappa shape index (κ3) is 6.03. The van der Waals surface area contributed by atoms with Gasteiger partial charge < -0.3 is 18.9 Å². The first-order chi connectivity index (χ1) is 20.6. The molecule has 1 fully saturated rings. The van der Waals surface area contributed by atoms with Crippen LogP contribution < -0.4 is 9.47 Å². The fourth-order valence-electron chi connectivity index (χ4n) is 5.90. The van der Waals surface area contributed by atoms with Gasteiger partial charge in [-0.2, -0.15) is 0 Å². The van der Waals surface area contributed by atoms with Gasteiger partial charge >= 0.3 is 0 Å². The summed E-state index contributed by atoms with van der Waals surface area (Å²) in [6, 6.07) is 30.9. The van der Waals surface area contributed by atoms with E-state index in [4.69, 9.17) is 9.47 Å². The van der Waals surface area contributed by atoms with Crippen molar-refractivity contribution in [2.75, 3.05) is 20.2 Å². The van der Waals surface area contributed by atoms with Crippen molar-refractivity contribution in [3.8, 4) is 11.5 Å². The highest BCUT2D eigenvalue weighted by Gasteiger charge is 2.27. The molecular formula is C36H35FN2O3. The smallest absolute Gasteiger partial charge is 0.223 e. The van der Waals surface area contributed by atoms with Crippen LogP contribution in [-0.2, 0) is 17.9 Å². The van der Waals surface area contributed by atoms with Gasteiger partial charge in [-0.05, 0) is 65.4 Å². The first kappa shape index (κ1) is 27.6. The second-order valence-electron chi connectivity index (χ2n) is 10.9. The van der Waals surface area contributed by atoms with Gasteiger partial charge in [-0.25, -0.2) is 4.39 Å². The molecule has 1 atom stereocenters. The van der Waals surface area contributed by atoms with E-state index in [1.807, 2.05) is 71.6 Å². The average Bonchev–Trinajstić information content (AvgIpc) is 3.70. The Kier molecular flexibility index (Phi) is 8.22. The zero-order chi connectivity index (χ0) is 28.9. The summed E-state index contributed by atoms with van der Waals surface area (Å²) < 4.78 is 27.7. The highest BCUT2D eigenvalue weighted by atomic mass is 19.1. The van der Waals surface area contributed by atoms with Gasteiger partial charge in [-0.15, -0.1) is 0 Å². The normalized spacial score (nSPS) is 13.8. The SMILES string of the molecule is COc1cc(C(CC(=O)N2CCCC2)c2cn(Cc3ccc(F)cc3)c3ccccc23)ccc1OCc1ccccc1. The minimum atomic E-state index is -0.248. The topological polar surface area (TPSA) is 43.7 Å². The molecule has 0 bridgehead atoms. The molecule has 2 heterocycles. The van der Waals surface area contributed by atoms with E-state index in [2.05, 4.69) is 29.0 Å². The van der Waals surface area contributed by atoms with E-state index in [1.54, 1.807) is 7.11 Å². The maximum Gasteiger partial charge on any atom is 0.223 e. The van der Waals surface area contributed by atoms with E-state index in [9.17, 15) is 9.18 Å². The van der Waals surface area contributed by atoms with Crippen molar-refractivity contribution in [1.29, 1.82) is 0 Å². The number of carbonyl (C=O) groups is 1. The van der Waals surface area contributed by atoms with E-state index in [0.29, 0.717) is 31.1 Å². The number of methoxy groups -OCH3 is 1. The second kappa shape index (κ2) is 12.5. The van der Waals surface area contributed by atoms with Crippen molar-refractivity contribution in [2.45, 2.75) is 38.3 Å². The van der Waals surface area contributed by atoms with Crippen LogP contribution in [0.15, 0.2) is 103 Å². The molecule has 0 radical (unpaired) electrons. The first-order valence-corrected chi connectivity index (χ1v) is 14.5. The standard InChI is InChI=1S/C36H35FN2O3/c1-41-35-21-28(15-18-34(35)42-25-27-9-3-2-4-10-27)31(22-36(40)38-19-7-8-20-38)32-24-39(33-12-6-5-11-30(32)33)23-26-13-16-29(37)17-14-26/h2-6,9-18,21,24,31H,7-8,19-20,22-23,25H2,1H3. The van der Waals surface area contributed by atoms with Crippen molar-refractivity contribution < 1.29 is 18.7 Å². The molecule has 6 rings (SSSR count). The van der Waals surface area contributed by atoms with Crippen LogP contribution in [0.1, 0.15) is 47.4 Å². The Morgan fingerprint density at radius 3 is 2.36 bits per heavy atom. The summed E-state index contributed by atoms with van der Waals surface area (Å²) in [4.78, 5) is 15.6. The van der Waals surface area contributed by atoms with Gasteiger partial charge in [0.2, 0.25) is 5.91 Å². The first-order valence-electron chi connectivity index (χ1n) is 14.5. The van der Waals surface area contributed by atoms with Crippen LogP contribution in [-0.4, -0.2) is 35.6 Å². The van der Waals surface area contributed by atoms with Crippen LogP contribution in [0.4, 0.5) is 4.39 Å². The molecule has 4 aromatic carbocycles. The number of halogens is 1. The summed E-state index contributed by atoms with van der Waals surface area (Å²) in [5.74, 6) is 1.03. The van der Waals surface area contributed by atoms with Gasteiger partial charge in [0.25, 0.3) is 0 Å². The number of aromatic nitrogens is 1. The summed E-state index contributed by atoms with van der Waals surface area (Å²) in [6.07, 6.45) is 4.61. The minimum absolute atomic E-state index is 0.163. The van der Waals surface area contributed by atoms with E-state index in [1.165, 1.54) is 12.1 Å². The van der Waals surface area contributed by atoms with Gasteiger partial charge in [0.15, 0.2) is 11.5 Å². The van der Waals surface area contributed by atoms with Gasteiger partial charge in [0.1, 0.15) is 12.4 Å². The molecule has 5 nitrogen and oxygen atoms in total. The van der Waals surface area contributed by atoms with Gasteiger partial charge in [-0.3, -0.25) is 4.79 Å². The highest BCUT2D eigenvalue weighted by molar-refractivity contribution is 5.87. The van der Waals surface area contributed by atoms with Crippen LogP contribution in [0, 0.1) is 5.82 Å². The van der Waals surface area contributed by atoms with Crippen LogP contribution in [0.25, 0.3) is 10.9 Å². The molecule has 1 aliphatic rings. The minimum Gasteiger partial charge on any atom is -0.493 e. The summed E-state index contributed by atoms with van der Waals surface area (Å²) in [5, 5.41) is 1.10.